The summed E-state index contributed by atoms with van der Waals surface area (Å²) in [7, 11) is 0. The van der Waals surface area contributed by atoms with E-state index in [0.29, 0.717) is 11.5 Å². The molecule has 3 aliphatic rings. The van der Waals surface area contributed by atoms with Crippen LogP contribution in [-0.4, -0.2) is 18.7 Å². The van der Waals surface area contributed by atoms with E-state index in [4.69, 9.17) is 4.74 Å². The van der Waals surface area contributed by atoms with Crippen LogP contribution in [0.25, 0.3) is 0 Å². The summed E-state index contributed by atoms with van der Waals surface area (Å²) >= 11 is 0. The minimum absolute atomic E-state index is 0.341. The van der Waals surface area contributed by atoms with Gasteiger partial charge in [0.25, 0.3) is 0 Å². The standard InChI is InChI=1S/C18H25NO/c1-4-9-18(10-5-1)11-8-17(18)19-13-15-12-14-6-2-3-7-16(14)20-15/h2-3,6-7,15,17,19H,1,4-5,8-13H2. The lowest BCUT2D eigenvalue weighted by atomic mass is 9.57. The lowest BCUT2D eigenvalue weighted by Crippen LogP contribution is -2.55. The van der Waals surface area contributed by atoms with Crippen LogP contribution in [0.3, 0.4) is 0 Å². The van der Waals surface area contributed by atoms with E-state index in [9.17, 15) is 0 Å². The molecule has 2 aliphatic carbocycles. The number of rotatable bonds is 3. The van der Waals surface area contributed by atoms with Crippen LogP contribution in [0, 0.1) is 5.41 Å². The van der Waals surface area contributed by atoms with Crippen molar-refractivity contribution in [2.75, 3.05) is 6.54 Å². The Morgan fingerprint density at radius 3 is 2.70 bits per heavy atom. The fraction of sp³-hybridized carbons (Fsp3) is 0.667. The lowest BCUT2D eigenvalue weighted by molar-refractivity contribution is 0.0183. The van der Waals surface area contributed by atoms with Gasteiger partial charge in [-0.15, -0.1) is 0 Å². The molecule has 2 fully saturated rings. The van der Waals surface area contributed by atoms with Crippen LogP contribution < -0.4 is 10.1 Å². The summed E-state index contributed by atoms with van der Waals surface area (Å²) in [6.07, 6.45) is 11.5. The first-order valence-corrected chi connectivity index (χ1v) is 8.34. The first-order chi connectivity index (χ1) is 9.86. The van der Waals surface area contributed by atoms with Crippen molar-refractivity contribution in [1.82, 2.24) is 5.32 Å². The predicted octanol–water partition coefficient (Wildman–Crippen LogP) is 3.69. The maximum atomic E-state index is 6.04. The van der Waals surface area contributed by atoms with E-state index in [1.807, 2.05) is 0 Å². The third kappa shape index (κ3) is 2.14. The van der Waals surface area contributed by atoms with Crippen LogP contribution in [-0.2, 0) is 6.42 Å². The smallest absolute Gasteiger partial charge is 0.123 e. The normalized spacial score (nSPS) is 30.6. The quantitative estimate of drug-likeness (QED) is 0.905. The predicted molar refractivity (Wildman–Crippen MR) is 81.1 cm³/mol. The highest BCUT2D eigenvalue weighted by Gasteiger charge is 2.46. The van der Waals surface area contributed by atoms with Gasteiger partial charge in [-0.3, -0.25) is 0 Å². The minimum atomic E-state index is 0.341. The zero-order valence-electron chi connectivity index (χ0n) is 12.2. The maximum absolute atomic E-state index is 6.04. The third-order valence-electron chi connectivity index (χ3n) is 5.83. The molecule has 1 spiro atoms. The Morgan fingerprint density at radius 1 is 1.10 bits per heavy atom. The van der Waals surface area contributed by atoms with Crippen molar-refractivity contribution in [2.45, 2.75) is 63.5 Å². The van der Waals surface area contributed by atoms with Gasteiger partial charge in [-0.25, -0.2) is 0 Å². The SMILES string of the molecule is c1ccc2c(c1)CC(CNC1CCC13CCCCC3)O2. The lowest BCUT2D eigenvalue weighted by Gasteiger charge is -2.52. The summed E-state index contributed by atoms with van der Waals surface area (Å²) in [5.74, 6) is 1.10. The van der Waals surface area contributed by atoms with Gasteiger partial charge >= 0.3 is 0 Å². The van der Waals surface area contributed by atoms with Crippen molar-refractivity contribution in [3.05, 3.63) is 29.8 Å². The molecular formula is C18H25NO. The van der Waals surface area contributed by atoms with E-state index in [1.165, 1.54) is 50.5 Å². The molecule has 0 bridgehead atoms. The van der Waals surface area contributed by atoms with Gasteiger partial charge in [0, 0.05) is 19.0 Å². The van der Waals surface area contributed by atoms with E-state index < -0.39 is 0 Å². The number of benzene rings is 1. The van der Waals surface area contributed by atoms with Crippen LogP contribution in [0.5, 0.6) is 5.75 Å². The first-order valence-electron chi connectivity index (χ1n) is 8.34. The number of fused-ring (bicyclic) bond motifs is 1. The molecule has 0 radical (unpaired) electrons. The Hall–Kier alpha value is -1.02. The maximum Gasteiger partial charge on any atom is 0.123 e. The van der Waals surface area contributed by atoms with Gasteiger partial charge in [0.05, 0.1) is 0 Å². The molecule has 2 atom stereocenters. The summed E-state index contributed by atoms with van der Waals surface area (Å²) < 4.78 is 6.04. The van der Waals surface area contributed by atoms with E-state index in [1.54, 1.807) is 0 Å². The number of nitrogens with one attached hydrogen (secondary N) is 1. The molecule has 20 heavy (non-hydrogen) atoms. The molecule has 2 unspecified atom stereocenters. The van der Waals surface area contributed by atoms with Crippen molar-refractivity contribution < 1.29 is 4.74 Å². The van der Waals surface area contributed by atoms with Crippen molar-refractivity contribution in [3.63, 3.8) is 0 Å². The zero-order chi connectivity index (χ0) is 13.4. The molecule has 2 saturated carbocycles. The average Bonchev–Trinajstić information content (AvgIpc) is 2.90. The topological polar surface area (TPSA) is 21.3 Å². The second-order valence-electron chi connectivity index (χ2n) is 6.97. The van der Waals surface area contributed by atoms with E-state index >= 15 is 0 Å². The van der Waals surface area contributed by atoms with Crippen LogP contribution >= 0.6 is 0 Å². The summed E-state index contributed by atoms with van der Waals surface area (Å²) in [6, 6.07) is 9.23. The highest BCUT2D eigenvalue weighted by Crippen LogP contribution is 2.51. The van der Waals surface area contributed by atoms with Gasteiger partial charge in [0.1, 0.15) is 11.9 Å². The minimum Gasteiger partial charge on any atom is -0.488 e. The molecule has 108 valence electrons. The van der Waals surface area contributed by atoms with Crippen molar-refractivity contribution in [1.29, 1.82) is 0 Å². The number of para-hydroxylation sites is 1. The summed E-state index contributed by atoms with van der Waals surface area (Å²) in [6.45, 7) is 1.01. The molecule has 0 aromatic heterocycles. The highest BCUT2D eigenvalue weighted by molar-refractivity contribution is 5.37. The van der Waals surface area contributed by atoms with Gasteiger partial charge in [-0.05, 0) is 42.7 Å². The van der Waals surface area contributed by atoms with Gasteiger partial charge in [0.15, 0.2) is 0 Å². The molecule has 4 rings (SSSR count). The Morgan fingerprint density at radius 2 is 1.95 bits per heavy atom. The Balaban J connectivity index is 1.32. The number of hydrogen-bond acceptors (Lipinski definition) is 2. The third-order valence-corrected chi connectivity index (χ3v) is 5.83. The first kappa shape index (κ1) is 12.7. The number of hydrogen-bond donors (Lipinski definition) is 1. The summed E-state index contributed by atoms with van der Waals surface area (Å²) in [5, 5.41) is 3.83. The number of ether oxygens (including phenoxy) is 1. The van der Waals surface area contributed by atoms with Gasteiger partial charge in [0.2, 0.25) is 0 Å². The average molecular weight is 271 g/mol. The van der Waals surface area contributed by atoms with Crippen molar-refractivity contribution >= 4 is 0 Å². The van der Waals surface area contributed by atoms with Crippen molar-refractivity contribution in [2.24, 2.45) is 5.41 Å². The summed E-state index contributed by atoms with van der Waals surface area (Å²) in [4.78, 5) is 0. The molecule has 0 amide bonds. The molecule has 1 heterocycles. The zero-order valence-corrected chi connectivity index (χ0v) is 12.2. The fourth-order valence-corrected chi connectivity index (χ4v) is 4.51. The van der Waals surface area contributed by atoms with E-state index in [-0.39, 0.29) is 0 Å². The molecular weight excluding hydrogens is 246 g/mol. The van der Waals surface area contributed by atoms with Crippen LogP contribution in [0.1, 0.15) is 50.5 Å². The molecule has 1 aromatic rings. The summed E-state index contributed by atoms with van der Waals surface area (Å²) in [5.41, 5.74) is 2.03. The van der Waals surface area contributed by atoms with Crippen LogP contribution in [0.4, 0.5) is 0 Å². The Bertz CT molecular complexity index is 453. The molecule has 1 aliphatic heterocycles. The molecule has 2 nitrogen and oxygen atoms in total. The second-order valence-corrected chi connectivity index (χ2v) is 6.97. The Kier molecular flexibility index (Phi) is 3.22. The largest absolute Gasteiger partial charge is 0.488 e. The molecule has 1 N–H and O–H groups in total. The monoisotopic (exact) mass is 271 g/mol. The van der Waals surface area contributed by atoms with Crippen LogP contribution in [0.15, 0.2) is 24.3 Å². The fourth-order valence-electron chi connectivity index (χ4n) is 4.51. The van der Waals surface area contributed by atoms with Gasteiger partial charge < -0.3 is 10.1 Å². The second kappa shape index (κ2) is 5.07. The van der Waals surface area contributed by atoms with E-state index in [2.05, 4.69) is 29.6 Å². The molecule has 1 aromatic carbocycles. The van der Waals surface area contributed by atoms with Crippen LogP contribution in [0.2, 0.25) is 0 Å². The van der Waals surface area contributed by atoms with Gasteiger partial charge in [-0.1, -0.05) is 37.5 Å². The molecule has 2 heteroatoms. The molecule has 0 saturated heterocycles. The van der Waals surface area contributed by atoms with Crippen molar-refractivity contribution in [3.8, 4) is 5.75 Å². The van der Waals surface area contributed by atoms with Gasteiger partial charge in [-0.2, -0.15) is 0 Å². The Labute approximate surface area is 121 Å². The van der Waals surface area contributed by atoms with E-state index in [0.717, 1.165) is 24.8 Å². The highest BCUT2D eigenvalue weighted by atomic mass is 16.5.